The van der Waals surface area contributed by atoms with Gasteiger partial charge < -0.3 is 5.32 Å². The van der Waals surface area contributed by atoms with Crippen molar-refractivity contribution in [2.24, 2.45) is 0 Å². The van der Waals surface area contributed by atoms with Gasteiger partial charge in [0, 0.05) is 6.04 Å². The molecule has 0 saturated heterocycles. The second kappa shape index (κ2) is 6.29. The Morgan fingerprint density at radius 1 is 1.14 bits per heavy atom. The van der Waals surface area contributed by atoms with Crippen molar-refractivity contribution in [2.45, 2.75) is 31.7 Å². The molecule has 1 nitrogen and oxygen atoms in total. The van der Waals surface area contributed by atoms with E-state index in [1.807, 2.05) is 19.2 Å². The van der Waals surface area contributed by atoms with Crippen molar-refractivity contribution in [1.29, 1.82) is 0 Å². The summed E-state index contributed by atoms with van der Waals surface area (Å²) in [6, 6.07) is 12.3. The van der Waals surface area contributed by atoms with Crippen molar-refractivity contribution in [1.82, 2.24) is 5.32 Å². The molecular weight excluding hydrogens is 329 g/mol. The zero-order chi connectivity index (χ0) is 14.8. The highest BCUT2D eigenvalue weighted by atomic mass is 79.9. The zero-order valence-corrected chi connectivity index (χ0v) is 13.7. The zero-order valence-electron chi connectivity index (χ0n) is 12.1. The van der Waals surface area contributed by atoms with Crippen LogP contribution in [0.3, 0.4) is 0 Å². The molecule has 1 N–H and O–H groups in total. The van der Waals surface area contributed by atoms with E-state index in [1.54, 1.807) is 0 Å². The van der Waals surface area contributed by atoms with Gasteiger partial charge in [-0.05, 0) is 83.0 Å². The lowest BCUT2D eigenvalue weighted by molar-refractivity contribution is 0.583. The molecule has 0 amide bonds. The molecule has 2 aromatic rings. The first-order chi connectivity index (χ1) is 10.2. The van der Waals surface area contributed by atoms with Crippen LogP contribution in [0.1, 0.15) is 34.7 Å². The number of halogens is 2. The molecule has 0 heterocycles. The fourth-order valence-electron chi connectivity index (χ4n) is 3.10. The number of rotatable bonds is 4. The van der Waals surface area contributed by atoms with Gasteiger partial charge in [0.15, 0.2) is 0 Å². The van der Waals surface area contributed by atoms with Crippen LogP contribution in [0.25, 0.3) is 0 Å². The fraction of sp³-hybridized carbons (Fsp3) is 0.333. The van der Waals surface area contributed by atoms with Crippen LogP contribution in [0.15, 0.2) is 40.9 Å². The number of hydrogen-bond acceptors (Lipinski definition) is 1. The smallest absolute Gasteiger partial charge is 0.137 e. The third-order valence-corrected chi connectivity index (χ3v) is 4.90. The van der Waals surface area contributed by atoms with Gasteiger partial charge in [0.2, 0.25) is 0 Å². The van der Waals surface area contributed by atoms with Gasteiger partial charge in [-0.2, -0.15) is 0 Å². The summed E-state index contributed by atoms with van der Waals surface area (Å²) in [5.74, 6) is -0.217. The van der Waals surface area contributed by atoms with Crippen LogP contribution in [0, 0.1) is 5.82 Å². The molecule has 21 heavy (non-hydrogen) atoms. The molecule has 2 aromatic carbocycles. The molecule has 0 spiro atoms. The van der Waals surface area contributed by atoms with E-state index in [2.05, 4.69) is 39.4 Å². The Balaban J connectivity index is 1.82. The highest BCUT2D eigenvalue weighted by Gasteiger charge is 2.15. The summed E-state index contributed by atoms with van der Waals surface area (Å²) in [5.41, 5.74) is 5.45. The molecule has 110 valence electrons. The van der Waals surface area contributed by atoms with E-state index in [1.165, 1.54) is 42.0 Å². The van der Waals surface area contributed by atoms with Crippen LogP contribution in [-0.2, 0) is 19.3 Å². The molecule has 0 aromatic heterocycles. The lowest BCUT2D eigenvalue weighted by Gasteiger charge is -2.18. The second-order valence-corrected chi connectivity index (χ2v) is 6.53. The third kappa shape index (κ3) is 3.19. The molecule has 1 atom stereocenters. The Morgan fingerprint density at radius 2 is 1.95 bits per heavy atom. The Hall–Kier alpha value is -1.19. The van der Waals surface area contributed by atoms with E-state index in [9.17, 15) is 4.39 Å². The fourth-order valence-corrected chi connectivity index (χ4v) is 3.50. The van der Waals surface area contributed by atoms with Gasteiger partial charge in [0.05, 0.1) is 4.47 Å². The molecule has 0 aliphatic heterocycles. The van der Waals surface area contributed by atoms with Crippen molar-refractivity contribution in [2.75, 3.05) is 7.05 Å². The maximum Gasteiger partial charge on any atom is 0.137 e. The lowest BCUT2D eigenvalue weighted by atomic mass is 9.96. The van der Waals surface area contributed by atoms with Crippen LogP contribution in [0.5, 0.6) is 0 Å². The molecule has 0 saturated carbocycles. The van der Waals surface area contributed by atoms with Crippen molar-refractivity contribution in [3.63, 3.8) is 0 Å². The first-order valence-electron chi connectivity index (χ1n) is 7.40. The van der Waals surface area contributed by atoms with Gasteiger partial charge in [0.25, 0.3) is 0 Å². The average molecular weight is 348 g/mol. The predicted octanol–water partition coefficient (Wildman–Crippen LogP) is 4.58. The minimum Gasteiger partial charge on any atom is -0.313 e. The van der Waals surface area contributed by atoms with Gasteiger partial charge >= 0.3 is 0 Å². The largest absolute Gasteiger partial charge is 0.313 e. The first-order valence-corrected chi connectivity index (χ1v) is 8.19. The molecule has 3 rings (SSSR count). The number of fused-ring (bicyclic) bond motifs is 1. The van der Waals surface area contributed by atoms with E-state index in [-0.39, 0.29) is 11.9 Å². The molecule has 0 radical (unpaired) electrons. The first kappa shape index (κ1) is 14.7. The molecule has 3 heteroatoms. The van der Waals surface area contributed by atoms with Gasteiger partial charge in [-0.25, -0.2) is 4.39 Å². The molecular formula is C18H19BrFN. The SMILES string of the molecule is CNC(Cc1ccc2c(c1)CCC2)c1ccc(F)c(Br)c1. The normalized spacial score (nSPS) is 15.0. The number of hydrogen-bond donors (Lipinski definition) is 1. The van der Waals surface area contributed by atoms with Crippen molar-refractivity contribution in [3.05, 3.63) is 68.9 Å². The van der Waals surface area contributed by atoms with E-state index < -0.39 is 0 Å². The Morgan fingerprint density at radius 3 is 2.71 bits per heavy atom. The quantitative estimate of drug-likeness (QED) is 0.853. The number of nitrogens with one attached hydrogen (secondary N) is 1. The summed E-state index contributed by atoms with van der Waals surface area (Å²) in [4.78, 5) is 0. The van der Waals surface area contributed by atoms with Crippen LogP contribution in [0.2, 0.25) is 0 Å². The summed E-state index contributed by atoms with van der Waals surface area (Å²) in [5, 5.41) is 3.34. The maximum atomic E-state index is 13.4. The standard InChI is InChI=1S/C18H19BrFN/c1-21-18(15-7-8-17(20)16(19)11-15)10-12-5-6-13-3-2-4-14(13)9-12/h5-9,11,18,21H,2-4,10H2,1H3. The summed E-state index contributed by atoms with van der Waals surface area (Å²) in [6.07, 6.45) is 4.62. The van der Waals surface area contributed by atoms with Crippen molar-refractivity contribution in [3.8, 4) is 0 Å². The van der Waals surface area contributed by atoms with E-state index in [0.717, 1.165) is 12.0 Å². The monoisotopic (exact) mass is 347 g/mol. The van der Waals surface area contributed by atoms with Crippen molar-refractivity contribution < 1.29 is 4.39 Å². The number of aryl methyl sites for hydroxylation is 2. The molecule has 0 bridgehead atoms. The molecule has 1 aliphatic carbocycles. The Labute approximate surface area is 133 Å². The summed E-state index contributed by atoms with van der Waals surface area (Å²) in [6.45, 7) is 0. The van der Waals surface area contributed by atoms with Gasteiger partial charge in [-0.1, -0.05) is 24.3 Å². The Kier molecular flexibility index (Phi) is 4.41. The topological polar surface area (TPSA) is 12.0 Å². The van der Waals surface area contributed by atoms with Crippen LogP contribution < -0.4 is 5.32 Å². The second-order valence-electron chi connectivity index (χ2n) is 5.68. The van der Waals surface area contributed by atoms with E-state index in [0.29, 0.717) is 4.47 Å². The number of benzene rings is 2. The minimum atomic E-state index is -0.217. The predicted molar refractivity (Wildman–Crippen MR) is 88.1 cm³/mol. The van der Waals surface area contributed by atoms with Crippen LogP contribution in [0.4, 0.5) is 4.39 Å². The third-order valence-electron chi connectivity index (χ3n) is 4.30. The average Bonchev–Trinajstić information content (AvgIpc) is 2.95. The summed E-state index contributed by atoms with van der Waals surface area (Å²) in [7, 11) is 1.95. The summed E-state index contributed by atoms with van der Waals surface area (Å²) < 4.78 is 13.9. The van der Waals surface area contributed by atoms with Gasteiger partial charge in [-0.3, -0.25) is 0 Å². The molecule has 0 fully saturated rings. The van der Waals surface area contributed by atoms with E-state index >= 15 is 0 Å². The highest BCUT2D eigenvalue weighted by molar-refractivity contribution is 9.10. The number of likely N-dealkylation sites (N-methyl/N-ethyl adjacent to an activating group) is 1. The highest BCUT2D eigenvalue weighted by Crippen LogP contribution is 2.27. The van der Waals surface area contributed by atoms with Crippen molar-refractivity contribution >= 4 is 15.9 Å². The lowest BCUT2D eigenvalue weighted by Crippen LogP contribution is -2.19. The maximum absolute atomic E-state index is 13.4. The van der Waals surface area contributed by atoms with Gasteiger partial charge in [-0.15, -0.1) is 0 Å². The van der Waals surface area contributed by atoms with E-state index in [4.69, 9.17) is 0 Å². The molecule has 1 aliphatic rings. The minimum absolute atomic E-state index is 0.196. The van der Waals surface area contributed by atoms with Crippen LogP contribution in [-0.4, -0.2) is 7.05 Å². The van der Waals surface area contributed by atoms with Gasteiger partial charge in [0.1, 0.15) is 5.82 Å². The van der Waals surface area contributed by atoms with Crippen LogP contribution >= 0.6 is 15.9 Å². The Bertz CT molecular complexity index is 654. The summed E-state index contributed by atoms with van der Waals surface area (Å²) >= 11 is 3.27. The molecule has 1 unspecified atom stereocenters.